The van der Waals surface area contributed by atoms with Crippen molar-refractivity contribution in [1.82, 2.24) is 14.7 Å². The Kier molecular flexibility index (Phi) is 5.26. The second-order valence-corrected chi connectivity index (χ2v) is 8.36. The van der Waals surface area contributed by atoms with E-state index in [4.69, 9.17) is 4.74 Å². The lowest BCUT2D eigenvalue weighted by Gasteiger charge is -2.34. The number of fused-ring (bicyclic) bond motifs is 2. The fourth-order valence-electron chi connectivity index (χ4n) is 4.61. The van der Waals surface area contributed by atoms with Gasteiger partial charge in [0.15, 0.2) is 6.04 Å². The molecule has 6 nitrogen and oxygen atoms in total. The lowest BCUT2D eigenvalue weighted by atomic mass is 9.96. The normalized spacial score (nSPS) is 19.9. The van der Waals surface area contributed by atoms with E-state index in [9.17, 15) is 18.0 Å². The van der Waals surface area contributed by atoms with Crippen molar-refractivity contribution in [1.29, 1.82) is 0 Å². The molecule has 0 saturated heterocycles. The first-order chi connectivity index (χ1) is 15.8. The van der Waals surface area contributed by atoms with Gasteiger partial charge in [-0.3, -0.25) is 4.79 Å². The van der Waals surface area contributed by atoms with Gasteiger partial charge in [0.25, 0.3) is 5.91 Å². The minimum Gasteiger partial charge on any atom is -0.497 e. The molecule has 3 heterocycles. The average Bonchev–Trinajstić information content (AvgIpc) is 3.26. The minimum absolute atomic E-state index is 0.105. The number of rotatable bonds is 3. The highest BCUT2D eigenvalue weighted by Crippen LogP contribution is 2.44. The number of alkyl halides is 3. The maximum absolute atomic E-state index is 14.0. The Morgan fingerprint density at radius 3 is 2.55 bits per heavy atom. The Bertz CT molecular complexity index is 1170. The molecular weight excluding hydrogens is 433 g/mol. The summed E-state index contributed by atoms with van der Waals surface area (Å²) in [4.78, 5) is 15.0. The first kappa shape index (κ1) is 21.4. The van der Waals surface area contributed by atoms with E-state index in [1.165, 1.54) is 18.9 Å². The quantitative estimate of drug-likeness (QED) is 0.618. The van der Waals surface area contributed by atoms with Crippen LogP contribution in [0, 0.1) is 0 Å². The van der Waals surface area contributed by atoms with Gasteiger partial charge in [0.2, 0.25) is 0 Å². The highest BCUT2D eigenvalue weighted by Gasteiger charge is 2.47. The van der Waals surface area contributed by atoms with Gasteiger partial charge in [-0.15, -0.1) is 0 Å². The van der Waals surface area contributed by atoms with E-state index in [-0.39, 0.29) is 23.7 Å². The average molecular weight is 456 g/mol. The third kappa shape index (κ3) is 3.92. The first-order valence-corrected chi connectivity index (χ1v) is 10.8. The predicted molar refractivity (Wildman–Crippen MR) is 116 cm³/mol. The first-order valence-electron chi connectivity index (χ1n) is 10.8. The van der Waals surface area contributed by atoms with Crippen molar-refractivity contribution in [3.63, 3.8) is 0 Å². The van der Waals surface area contributed by atoms with Gasteiger partial charge in [-0.2, -0.15) is 18.3 Å². The highest BCUT2D eigenvalue weighted by atomic mass is 19.4. The van der Waals surface area contributed by atoms with Crippen LogP contribution >= 0.6 is 0 Å². The predicted octanol–water partition coefficient (Wildman–Crippen LogP) is 4.75. The van der Waals surface area contributed by atoms with Crippen LogP contribution in [-0.2, 0) is 13.0 Å². The van der Waals surface area contributed by atoms with E-state index in [1.807, 2.05) is 24.3 Å². The summed E-state index contributed by atoms with van der Waals surface area (Å²) in [6, 6.07) is 12.3. The summed E-state index contributed by atoms with van der Waals surface area (Å²) in [6.07, 6.45) is -2.77. The second kappa shape index (κ2) is 8.13. The standard InChI is InChI=1S/C24H23F3N4O2/c1-33-18-8-6-16(7-9-18)20-12-21(24(25,26)27)31-22(29-20)19(13-28-31)23(32)30-11-10-15-4-2-3-5-17(15)14-30/h2-9,13,20-21,29H,10-12,14H2,1H3/t20-,21-/m0/s1. The molecule has 1 N–H and O–H groups in total. The summed E-state index contributed by atoms with van der Waals surface area (Å²) in [7, 11) is 1.53. The second-order valence-electron chi connectivity index (χ2n) is 8.36. The number of anilines is 1. The number of nitrogens with zero attached hydrogens (tertiary/aromatic N) is 3. The molecule has 1 aromatic heterocycles. The van der Waals surface area contributed by atoms with E-state index >= 15 is 0 Å². The van der Waals surface area contributed by atoms with Crippen molar-refractivity contribution in [3.8, 4) is 5.75 Å². The van der Waals surface area contributed by atoms with Crippen LogP contribution in [0.3, 0.4) is 0 Å². The van der Waals surface area contributed by atoms with Crippen LogP contribution in [0.15, 0.2) is 54.7 Å². The SMILES string of the molecule is COc1ccc([C@@H]2C[C@@H](C(F)(F)F)n3ncc(C(=O)N4CCc5ccccc5C4)c3N2)cc1. The molecule has 172 valence electrons. The molecule has 3 aromatic rings. The van der Waals surface area contributed by atoms with E-state index in [1.54, 1.807) is 29.2 Å². The van der Waals surface area contributed by atoms with E-state index in [0.29, 0.717) is 30.8 Å². The number of methoxy groups -OCH3 is 1. The molecule has 0 spiro atoms. The third-order valence-electron chi connectivity index (χ3n) is 6.40. The van der Waals surface area contributed by atoms with E-state index in [2.05, 4.69) is 10.4 Å². The van der Waals surface area contributed by atoms with Crippen LogP contribution in [0.2, 0.25) is 0 Å². The molecular formula is C24H23F3N4O2. The van der Waals surface area contributed by atoms with Crippen LogP contribution in [0.4, 0.5) is 19.0 Å². The molecule has 2 atom stereocenters. The molecule has 5 rings (SSSR count). The van der Waals surface area contributed by atoms with Gasteiger partial charge in [0, 0.05) is 19.5 Å². The van der Waals surface area contributed by atoms with Crippen LogP contribution in [0.1, 0.15) is 45.6 Å². The zero-order valence-electron chi connectivity index (χ0n) is 18.0. The number of nitrogens with one attached hydrogen (secondary N) is 1. The molecule has 1 amide bonds. The van der Waals surface area contributed by atoms with Gasteiger partial charge in [0.05, 0.1) is 19.3 Å². The van der Waals surface area contributed by atoms with Crippen molar-refractivity contribution in [2.24, 2.45) is 0 Å². The largest absolute Gasteiger partial charge is 0.497 e. The number of aromatic nitrogens is 2. The molecule has 0 radical (unpaired) electrons. The molecule has 2 aliphatic rings. The maximum Gasteiger partial charge on any atom is 0.410 e. The van der Waals surface area contributed by atoms with Crippen LogP contribution in [0.25, 0.3) is 0 Å². The molecule has 2 aromatic carbocycles. The zero-order chi connectivity index (χ0) is 23.2. The molecule has 0 bridgehead atoms. The lowest BCUT2D eigenvalue weighted by molar-refractivity contribution is -0.173. The summed E-state index contributed by atoms with van der Waals surface area (Å²) >= 11 is 0. The summed E-state index contributed by atoms with van der Waals surface area (Å²) < 4.78 is 47.9. The van der Waals surface area contributed by atoms with Gasteiger partial charge >= 0.3 is 6.18 Å². The Hall–Kier alpha value is -3.49. The number of carbonyl (C=O) groups excluding carboxylic acids is 1. The Balaban J connectivity index is 1.47. The molecule has 0 unspecified atom stereocenters. The van der Waals surface area contributed by atoms with E-state index < -0.39 is 18.3 Å². The van der Waals surface area contributed by atoms with Crippen LogP contribution in [-0.4, -0.2) is 40.4 Å². The number of amides is 1. The van der Waals surface area contributed by atoms with Crippen LogP contribution < -0.4 is 10.1 Å². The minimum atomic E-state index is -4.50. The van der Waals surface area contributed by atoms with Crippen molar-refractivity contribution >= 4 is 11.7 Å². The molecule has 0 saturated carbocycles. The monoisotopic (exact) mass is 456 g/mol. The summed E-state index contributed by atoms with van der Waals surface area (Å²) in [6.45, 7) is 0.926. The Morgan fingerprint density at radius 1 is 1.12 bits per heavy atom. The Morgan fingerprint density at radius 2 is 1.85 bits per heavy atom. The molecule has 9 heteroatoms. The highest BCUT2D eigenvalue weighted by molar-refractivity contribution is 5.99. The molecule has 0 fully saturated rings. The van der Waals surface area contributed by atoms with E-state index in [0.717, 1.165) is 10.2 Å². The number of benzene rings is 2. The zero-order valence-corrected chi connectivity index (χ0v) is 18.0. The fourth-order valence-corrected chi connectivity index (χ4v) is 4.61. The Labute approximate surface area is 189 Å². The molecule has 0 aliphatic carbocycles. The maximum atomic E-state index is 14.0. The van der Waals surface area contributed by atoms with Crippen molar-refractivity contribution in [2.45, 2.75) is 37.6 Å². The number of hydrogen-bond donors (Lipinski definition) is 1. The summed E-state index contributed by atoms with van der Waals surface area (Å²) in [5, 5.41) is 7.14. The topological polar surface area (TPSA) is 59.4 Å². The number of halogens is 3. The number of hydrogen-bond acceptors (Lipinski definition) is 4. The van der Waals surface area contributed by atoms with Gasteiger partial charge in [-0.25, -0.2) is 4.68 Å². The van der Waals surface area contributed by atoms with Gasteiger partial charge in [0.1, 0.15) is 17.1 Å². The summed E-state index contributed by atoms with van der Waals surface area (Å²) in [5.74, 6) is 0.399. The lowest BCUT2D eigenvalue weighted by Crippen LogP contribution is -2.38. The number of carbonyl (C=O) groups is 1. The van der Waals surface area contributed by atoms with Crippen LogP contribution in [0.5, 0.6) is 5.75 Å². The van der Waals surface area contributed by atoms with Gasteiger partial charge in [-0.1, -0.05) is 36.4 Å². The number of ether oxygens (including phenoxy) is 1. The van der Waals surface area contributed by atoms with Gasteiger partial charge < -0.3 is 15.0 Å². The molecule has 2 aliphatic heterocycles. The smallest absolute Gasteiger partial charge is 0.410 e. The van der Waals surface area contributed by atoms with Crippen molar-refractivity contribution in [3.05, 3.63) is 77.0 Å². The van der Waals surface area contributed by atoms with Crippen molar-refractivity contribution < 1.29 is 22.7 Å². The summed E-state index contributed by atoms with van der Waals surface area (Å²) in [5.41, 5.74) is 3.08. The fraction of sp³-hybridized carbons (Fsp3) is 0.333. The third-order valence-corrected chi connectivity index (χ3v) is 6.40. The molecule has 33 heavy (non-hydrogen) atoms. The van der Waals surface area contributed by atoms with Crippen molar-refractivity contribution in [2.75, 3.05) is 19.0 Å². The van der Waals surface area contributed by atoms with Gasteiger partial charge in [-0.05, 0) is 35.2 Å².